The zero-order valence-corrected chi connectivity index (χ0v) is 23.3. The van der Waals surface area contributed by atoms with Crippen LogP contribution in [0.3, 0.4) is 0 Å². The Bertz CT molecular complexity index is 1360. The maximum Gasteiger partial charge on any atom is 0.306 e. The van der Waals surface area contributed by atoms with E-state index in [1.54, 1.807) is 9.80 Å². The summed E-state index contributed by atoms with van der Waals surface area (Å²) >= 11 is 0. The van der Waals surface area contributed by atoms with Crippen LogP contribution in [0, 0.1) is 5.92 Å². The van der Waals surface area contributed by atoms with E-state index in [1.807, 2.05) is 72.8 Å². The summed E-state index contributed by atoms with van der Waals surface area (Å²) in [6.45, 7) is 5.72. The number of hydrogen-bond acceptors (Lipinski definition) is 5. The van der Waals surface area contributed by atoms with Gasteiger partial charge in [-0.2, -0.15) is 0 Å². The standard InChI is InChI=1S/C33H37N3O5/c1-2-30(37)34-18-9-8-14-27(23-31(38)41-24-25-11-4-3-5-12-25)32(39)35-19-21-36(22-20-35)33(40)29-17-10-15-26-13-6-7-16-28(26)29/h2-7,10-13,15-17,27H,1,8-9,14,18-24H2,(H,34,37)/t27-/m1/s1. The van der Waals surface area contributed by atoms with Crippen molar-refractivity contribution in [3.05, 3.63) is 96.6 Å². The molecule has 1 aliphatic heterocycles. The van der Waals surface area contributed by atoms with Crippen LogP contribution in [0.4, 0.5) is 0 Å². The summed E-state index contributed by atoms with van der Waals surface area (Å²) in [6.07, 6.45) is 3.05. The topological polar surface area (TPSA) is 96.0 Å². The zero-order valence-electron chi connectivity index (χ0n) is 23.3. The van der Waals surface area contributed by atoms with Gasteiger partial charge in [0.25, 0.3) is 5.91 Å². The number of benzene rings is 3. The van der Waals surface area contributed by atoms with Gasteiger partial charge in [0.1, 0.15) is 6.61 Å². The number of nitrogens with one attached hydrogen (secondary N) is 1. The molecule has 0 radical (unpaired) electrons. The highest BCUT2D eigenvalue weighted by Crippen LogP contribution is 2.22. The van der Waals surface area contributed by atoms with Gasteiger partial charge in [0, 0.05) is 44.2 Å². The van der Waals surface area contributed by atoms with E-state index in [0.29, 0.717) is 57.5 Å². The number of esters is 1. The van der Waals surface area contributed by atoms with Gasteiger partial charge in [-0.05, 0) is 41.3 Å². The lowest BCUT2D eigenvalue weighted by molar-refractivity contribution is -0.150. The predicted octanol–water partition coefficient (Wildman–Crippen LogP) is 4.35. The van der Waals surface area contributed by atoms with E-state index in [0.717, 1.165) is 16.3 Å². The highest BCUT2D eigenvalue weighted by Gasteiger charge is 2.31. The van der Waals surface area contributed by atoms with Crippen molar-refractivity contribution in [1.29, 1.82) is 0 Å². The third kappa shape index (κ3) is 8.27. The Hall–Kier alpha value is -4.46. The van der Waals surface area contributed by atoms with E-state index in [4.69, 9.17) is 4.74 Å². The highest BCUT2D eigenvalue weighted by molar-refractivity contribution is 6.07. The normalized spacial score (nSPS) is 13.9. The highest BCUT2D eigenvalue weighted by atomic mass is 16.5. The number of fused-ring (bicyclic) bond motifs is 1. The van der Waals surface area contributed by atoms with Crippen molar-refractivity contribution < 1.29 is 23.9 Å². The molecule has 0 spiro atoms. The van der Waals surface area contributed by atoms with Gasteiger partial charge in [-0.3, -0.25) is 19.2 Å². The van der Waals surface area contributed by atoms with Crippen LogP contribution in [0.15, 0.2) is 85.5 Å². The number of piperazine rings is 1. The van der Waals surface area contributed by atoms with E-state index >= 15 is 0 Å². The smallest absolute Gasteiger partial charge is 0.306 e. The maximum atomic E-state index is 13.6. The fourth-order valence-corrected chi connectivity index (χ4v) is 5.08. The van der Waals surface area contributed by atoms with Gasteiger partial charge in [-0.15, -0.1) is 0 Å². The van der Waals surface area contributed by atoms with Crippen molar-refractivity contribution in [2.24, 2.45) is 5.92 Å². The number of nitrogens with zero attached hydrogens (tertiary/aromatic N) is 2. The maximum absolute atomic E-state index is 13.6. The Morgan fingerprint density at radius 3 is 2.29 bits per heavy atom. The molecule has 3 aromatic carbocycles. The van der Waals surface area contributed by atoms with Gasteiger partial charge in [-0.1, -0.05) is 79.7 Å². The average molecular weight is 556 g/mol. The molecular weight excluding hydrogens is 518 g/mol. The molecule has 0 unspecified atom stereocenters. The van der Waals surface area contributed by atoms with E-state index in [2.05, 4.69) is 11.9 Å². The van der Waals surface area contributed by atoms with Gasteiger partial charge in [0.2, 0.25) is 11.8 Å². The summed E-state index contributed by atoms with van der Waals surface area (Å²) in [4.78, 5) is 54.6. The molecule has 8 heteroatoms. The van der Waals surface area contributed by atoms with Crippen LogP contribution in [0.1, 0.15) is 41.6 Å². The summed E-state index contributed by atoms with van der Waals surface area (Å²) in [5.41, 5.74) is 1.54. The molecular formula is C33H37N3O5. The summed E-state index contributed by atoms with van der Waals surface area (Å²) in [6, 6.07) is 23.0. The molecule has 0 aliphatic carbocycles. The van der Waals surface area contributed by atoms with Crippen LogP contribution in [-0.2, 0) is 25.7 Å². The minimum absolute atomic E-state index is 0.0141. The van der Waals surface area contributed by atoms with Crippen LogP contribution < -0.4 is 5.32 Å². The quantitative estimate of drug-likeness (QED) is 0.204. The molecule has 0 bridgehead atoms. The molecule has 1 N–H and O–H groups in total. The fraction of sp³-hybridized carbons (Fsp3) is 0.333. The average Bonchev–Trinajstić information content (AvgIpc) is 3.02. The SMILES string of the molecule is C=CC(=O)NCCCC[C@H](CC(=O)OCc1ccccc1)C(=O)N1CCN(C(=O)c2cccc3ccccc23)CC1. The summed E-state index contributed by atoms with van der Waals surface area (Å²) in [5.74, 6) is -1.34. The second-order valence-corrected chi connectivity index (χ2v) is 10.2. The molecule has 1 saturated heterocycles. The molecule has 214 valence electrons. The monoisotopic (exact) mass is 555 g/mol. The predicted molar refractivity (Wildman–Crippen MR) is 158 cm³/mol. The lowest BCUT2D eigenvalue weighted by Gasteiger charge is -2.36. The Kier molecular flexibility index (Phi) is 10.7. The minimum Gasteiger partial charge on any atom is -0.461 e. The van der Waals surface area contributed by atoms with Crippen LogP contribution >= 0.6 is 0 Å². The molecule has 4 rings (SSSR count). The molecule has 3 aromatic rings. The molecule has 3 amide bonds. The Labute approximate surface area is 241 Å². The van der Waals surface area contributed by atoms with Gasteiger partial charge >= 0.3 is 5.97 Å². The first-order valence-electron chi connectivity index (χ1n) is 14.1. The molecule has 0 saturated carbocycles. The van der Waals surface area contributed by atoms with Crippen molar-refractivity contribution in [2.45, 2.75) is 32.3 Å². The fourth-order valence-electron chi connectivity index (χ4n) is 5.08. The number of carbonyl (C=O) groups excluding carboxylic acids is 4. The van der Waals surface area contributed by atoms with Crippen LogP contribution in [-0.4, -0.2) is 66.2 Å². The molecule has 8 nitrogen and oxygen atoms in total. The molecule has 1 atom stereocenters. The summed E-state index contributed by atoms with van der Waals surface area (Å²) in [5, 5.41) is 4.66. The molecule has 41 heavy (non-hydrogen) atoms. The first-order chi connectivity index (χ1) is 20.0. The number of amides is 3. The number of ether oxygens (including phenoxy) is 1. The van der Waals surface area contributed by atoms with Crippen molar-refractivity contribution in [1.82, 2.24) is 15.1 Å². The van der Waals surface area contributed by atoms with E-state index in [9.17, 15) is 19.2 Å². The van der Waals surface area contributed by atoms with Crippen LogP contribution in [0.5, 0.6) is 0 Å². The van der Waals surface area contributed by atoms with Crippen molar-refractivity contribution >= 4 is 34.5 Å². The second-order valence-electron chi connectivity index (χ2n) is 10.2. The number of rotatable bonds is 12. The third-order valence-electron chi connectivity index (χ3n) is 7.37. The molecule has 0 aromatic heterocycles. The minimum atomic E-state index is -0.534. The lowest BCUT2D eigenvalue weighted by atomic mass is 9.96. The van der Waals surface area contributed by atoms with E-state index in [-0.39, 0.29) is 30.7 Å². The largest absolute Gasteiger partial charge is 0.461 e. The first-order valence-corrected chi connectivity index (χ1v) is 14.1. The lowest BCUT2D eigenvalue weighted by Crippen LogP contribution is -2.52. The van der Waals surface area contributed by atoms with Crippen LogP contribution in [0.2, 0.25) is 0 Å². The Morgan fingerprint density at radius 2 is 1.54 bits per heavy atom. The Balaban J connectivity index is 1.34. The molecule has 1 aliphatic rings. The summed E-state index contributed by atoms with van der Waals surface area (Å²) < 4.78 is 5.47. The van der Waals surface area contributed by atoms with Gasteiger partial charge < -0.3 is 19.9 Å². The third-order valence-corrected chi connectivity index (χ3v) is 7.37. The first kappa shape index (κ1) is 29.5. The second kappa shape index (κ2) is 14.8. The van der Waals surface area contributed by atoms with Gasteiger partial charge in [0.15, 0.2) is 0 Å². The molecule has 1 fully saturated rings. The number of carbonyl (C=O) groups is 4. The van der Waals surface area contributed by atoms with Crippen LogP contribution in [0.25, 0.3) is 10.8 Å². The van der Waals surface area contributed by atoms with E-state index in [1.165, 1.54) is 6.08 Å². The number of unbranched alkanes of at least 4 members (excludes halogenated alkanes) is 1. The van der Waals surface area contributed by atoms with Crippen molar-refractivity contribution in [3.63, 3.8) is 0 Å². The number of hydrogen-bond donors (Lipinski definition) is 1. The van der Waals surface area contributed by atoms with Gasteiger partial charge in [-0.25, -0.2) is 0 Å². The van der Waals surface area contributed by atoms with Gasteiger partial charge in [0.05, 0.1) is 6.42 Å². The zero-order chi connectivity index (χ0) is 29.0. The van der Waals surface area contributed by atoms with E-state index < -0.39 is 11.9 Å². The van der Waals surface area contributed by atoms with Crippen molar-refractivity contribution in [3.8, 4) is 0 Å². The van der Waals surface area contributed by atoms with Crippen molar-refractivity contribution in [2.75, 3.05) is 32.7 Å². The molecule has 1 heterocycles. The Morgan fingerprint density at radius 1 is 0.854 bits per heavy atom. The summed E-state index contributed by atoms with van der Waals surface area (Å²) in [7, 11) is 0.